The number of hydrogen-bond acceptors (Lipinski definition) is 7. The fraction of sp³-hybridized carbons (Fsp3) is 0.784. The van der Waals surface area contributed by atoms with Crippen LogP contribution in [0, 0.1) is 0 Å². The summed E-state index contributed by atoms with van der Waals surface area (Å²) in [5.41, 5.74) is 0. The molecule has 0 aromatic rings. The second kappa shape index (κ2) is 64.7. The molecule has 0 radical (unpaired) electrons. The molecule has 0 amide bonds. The number of allylic oxidation sites excluding steroid dienone is 14. The number of nitrogens with zero attached hydrogens (tertiary/aromatic N) is 1. The van der Waals surface area contributed by atoms with E-state index < -0.39 is 26.5 Å². The maximum absolute atomic E-state index is 12.9. The summed E-state index contributed by atoms with van der Waals surface area (Å²) in [6, 6.07) is 0. The van der Waals surface area contributed by atoms with E-state index in [0.717, 1.165) is 83.5 Å². The van der Waals surface area contributed by atoms with E-state index in [1.807, 2.05) is 21.1 Å². The molecule has 9 nitrogen and oxygen atoms in total. The van der Waals surface area contributed by atoms with Crippen molar-refractivity contribution in [2.45, 2.75) is 328 Å². The van der Waals surface area contributed by atoms with Crippen LogP contribution in [0.1, 0.15) is 322 Å². The summed E-state index contributed by atoms with van der Waals surface area (Å²) in [7, 11) is 1.47. The number of ether oxygens (including phenoxy) is 2. The largest absolute Gasteiger partial charge is 0.472 e. The van der Waals surface area contributed by atoms with Crippen LogP contribution in [0.5, 0.6) is 0 Å². The summed E-state index contributed by atoms with van der Waals surface area (Å²) in [5, 5.41) is 0. The molecule has 0 bridgehead atoms. The van der Waals surface area contributed by atoms with Gasteiger partial charge in [0.2, 0.25) is 0 Å². The molecule has 2 unspecified atom stereocenters. The van der Waals surface area contributed by atoms with E-state index in [1.54, 1.807) is 0 Å². The number of phosphoric ester groups is 1. The first-order valence-corrected chi connectivity index (χ1v) is 36.8. The van der Waals surface area contributed by atoms with E-state index in [2.05, 4.69) is 98.9 Å². The van der Waals surface area contributed by atoms with Crippen molar-refractivity contribution in [1.82, 2.24) is 0 Å². The molecule has 0 aliphatic carbocycles. The van der Waals surface area contributed by atoms with Crippen LogP contribution < -0.4 is 0 Å². The fourth-order valence-electron chi connectivity index (χ4n) is 10.0. The molecule has 1 N–H and O–H groups in total. The lowest BCUT2D eigenvalue weighted by Crippen LogP contribution is -2.37. The van der Waals surface area contributed by atoms with Crippen molar-refractivity contribution >= 4 is 19.8 Å². The predicted molar refractivity (Wildman–Crippen MR) is 362 cm³/mol. The number of rotatable bonds is 65. The van der Waals surface area contributed by atoms with Crippen LogP contribution in [0.2, 0.25) is 0 Å². The minimum absolute atomic E-state index is 0.0277. The molecular weight excluding hydrogens is 1060 g/mol. The van der Waals surface area contributed by atoms with Crippen LogP contribution in [0.25, 0.3) is 0 Å². The van der Waals surface area contributed by atoms with Crippen LogP contribution in [0.15, 0.2) is 85.1 Å². The second-order valence-electron chi connectivity index (χ2n) is 24.9. The summed E-state index contributed by atoms with van der Waals surface area (Å²) in [5.74, 6) is -0.798. The van der Waals surface area contributed by atoms with E-state index in [9.17, 15) is 19.0 Å². The zero-order valence-corrected chi connectivity index (χ0v) is 56.5. The Morgan fingerprint density at radius 1 is 0.381 bits per heavy atom. The topological polar surface area (TPSA) is 108 Å². The van der Waals surface area contributed by atoms with Gasteiger partial charge in [-0.15, -0.1) is 0 Å². The Morgan fingerprint density at radius 2 is 0.679 bits per heavy atom. The van der Waals surface area contributed by atoms with Crippen molar-refractivity contribution in [3.05, 3.63) is 85.1 Å². The van der Waals surface area contributed by atoms with Crippen LogP contribution in [-0.2, 0) is 32.7 Å². The average molecular weight is 1200 g/mol. The van der Waals surface area contributed by atoms with Crippen LogP contribution in [0.4, 0.5) is 0 Å². The summed E-state index contributed by atoms with van der Waals surface area (Å²) in [6.45, 7) is 4.35. The van der Waals surface area contributed by atoms with Gasteiger partial charge >= 0.3 is 19.8 Å². The normalized spacial score (nSPS) is 13.6. The van der Waals surface area contributed by atoms with E-state index >= 15 is 0 Å². The van der Waals surface area contributed by atoms with Crippen LogP contribution >= 0.6 is 7.82 Å². The van der Waals surface area contributed by atoms with Gasteiger partial charge in [-0.25, -0.2) is 4.57 Å². The number of hydrogen-bond donors (Lipinski definition) is 1. The minimum atomic E-state index is -4.40. The van der Waals surface area contributed by atoms with E-state index in [0.29, 0.717) is 17.4 Å². The van der Waals surface area contributed by atoms with Gasteiger partial charge in [0.1, 0.15) is 19.8 Å². The Hall–Kier alpha value is -2.81. The smallest absolute Gasteiger partial charge is 0.462 e. The SMILES string of the molecule is CC/C=C\C/C=C\C/C=C\C/C=C\C/C=C\C/C=C\CCCCCCCCCCC(=O)OC(COC(=O)CCCCCCCCCCCCCCCCCCCCCCC/C=C\CCCCCCCCCC)COP(=O)(O)OCC[N+](C)(C)C. The zero-order valence-electron chi connectivity index (χ0n) is 55.6. The maximum Gasteiger partial charge on any atom is 0.472 e. The molecule has 0 aliphatic heterocycles. The molecule has 0 fully saturated rings. The molecule has 0 spiro atoms. The molecule has 0 aliphatic rings. The van der Waals surface area contributed by atoms with Gasteiger partial charge in [0, 0.05) is 12.8 Å². The Morgan fingerprint density at radius 3 is 1.02 bits per heavy atom. The van der Waals surface area contributed by atoms with Crippen LogP contribution in [-0.4, -0.2) is 74.9 Å². The first kappa shape index (κ1) is 81.2. The van der Waals surface area contributed by atoms with Crippen molar-refractivity contribution in [2.24, 2.45) is 0 Å². The van der Waals surface area contributed by atoms with Gasteiger partial charge in [-0.05, 0) is 89.9 Å². The lowest BCUT2D eigenvalue weighted by atomic mass is 10.0. The van der Waals surface area contributed by atoms with Gasteiger partial charge in [-0.3, -0.25) is 18.6 Å². The van der Waals surface area contributed by atoms with Crippen molar-refractivity contribution in [2.75, 3.05) is 47.5 Å². The van der Waals surface area contributed by atoms with Crippen molar-refractivity contribution in [3.63, 3.8) is 0 Å². The molecule has 10 heteroatoms. The number of phosphoric acid groups is 1. The zero-order chi connectivity index (χ0) is 61.2. The molecule has 0 heterocycles. The van der Waals surface area contributed by atoms with E-state index in [1.165, 1.54) is 205 Å². The second-order valence-corrected chi connectivity index (χ2v) is 26.3. The third kappa shape index (κ3) is 68.3. The highest BCUT2D eigenvalue weighted by Gasteiger charge is 2.27. The van der Waals surface area contributed by atoms with Crippen molar-refractivity contribution in [3.8, 4) is 0 Å². The van der Waals surface area contributed by atoms with Gasteiger partial charge in [-0.1, -0.05) is 304 Å². The molecule has 0 saturated carbocycles. The van der Waals surface area contributed by atoms with Gasteiger partial charge in [0.15, 0.2) is 6.10 Å². The molecule has 488 valence electrons. The summed E-state index contributed by atoms with van der Waals surface area (Å²) in [4.78, 5) is 35.9. The lowest BCUT2D eigenvalue weighted by molar-refractivity contribution is -0.870. The van der Waals surface area contributed by atoms with Gasteiger partial charge in [-0.2, -0.15) is 0 Å². The number of likely N-dealkylation sites (N-methyl/N-ethyl adjacent to an activating group) is 1. The van der Waals surface area contributed by atoms with Crippen molar-refractivity contribution < 1.29 is 42.1 Å². The molecule has 0 saturated heterocycles. The highest BCUT2D eigenvalue weighted by atomic mass is 31.2. The van der Waals surface area contributed by atoms with Crippen LogP contribution in [0.3, 0.4) is 0 Å². The minimum Gasteiger partial charge on any atom is -0.462 e. The third-order valence-electron chi connectivity index (χ3n) is 15.4. The number of quaternary nitrogens is 1. The Balaban J connectivity index is 4.03. The first-order chi connectivity index (χ1) is 41.0. The van der Waals surface area contributed by atoms with E-state index in [4.69, 9.17) is 18.5 Å². The van der Waals surface area contributed by atoms with Gasteiger partial charge in [0.05, 0.1) is 27.7 Å². The molecule has 0 aromatic heterocycles. The van der Waals surface area contributed by atoms with Crippen molar-refractivity contribution in [1.29, 1.82) is 0 Å². The standard InChI is InChI=1S/C74H134NO8P/c1-6-8-10-12-14-16-18-20-22-24-26-28-30-32-34-35-36-37-38-39-41-42-44-46-48-50-52-54-56-58-60-62-64-66-73(76)80-70-72(71-82-84(78,79)81-69-68-75(3,4)5)83-74(77)67-65-63-61-59-57-55-53-51-49-47-45-43-40-33-31-29-27-25-23-21-19-17-15-13-11-9-7-2/h9,11,15,17,21,23-24,26-27,29,33,40,45,47,72H,6-8,10,12-14,16,18-20,22,25,28,30-32,34-39,41-44,46,48-71H2,1-5H3/p+1/b11-9-,17-15-,23-21-,26-24-,29-27-,40-33-,47-45-. The predicted octanol–water partition coefficient (Wildman–Crippen LogP) is 22.9. The summed E-state index contributed by atoms with van der Waals surface area (Å²) < 4.78 is 34.7. The number of esters is 2. The monoisotopic (exact) mass is 1200 g/mol. The molecule has 84 heavy (non-hydrogen) atoms. The molecule has 0 rings (SSSR count). The summed E-state index contributed by atoms with van der Waals surface area (Å²) in [6.07, 6.45) is 88.4. The van der Waals surface area contributed by atoms with E-state index in [-0.39, 0.29) is 32.0 Å². The molecule has 0 aromatic carbocycles. The molecule has 2 atom stereocenters. The highest BCUT2D eigenvalue weighted by molar-refractivity contribution is 7.47. The Kier molecular flexibility index (Phi) is 62.5. The maximum atomic E-state index is 12.9. The lowest BCUT2D eigenvalue weighted by Gasteiger charge is -2.24. The quantitative estimate of drug-likeness (QED) is 0.0211. The average Bonchev–Trinajstić information content (AvgIpc) is 3.61. The first-order valence-electron chi connectivity index (χ1n) is 35.3. The summed E-state index contributed by atoms with van der Waals surface area (Å²) >= 11 is 0. The van der Waals surface area contributed by atoms with Gasteiger partial charge in [0.25, 0.3) is 0 Å². The third-order valence-corrected chi connectivity index (χ3v) is 16.4. The van der Waals surface area contributed by atoms with Gasteiger partial charge < -0.3 is 18.9 Å². The Labute approximate surface area is 520 Å². The number of unbranched alkanes of at least 4 members (excludes halogenated alkanes) is 37. The Bertz CT molecular complexity index is 1690. The highest BCUT2D eigenvalue weighted by Crippen LogP contribution is 2.43. The fourth-order valence-corrected chi connectivity index (χ4v) is 10.8. The molecular formula is C74H135NO8P+. The number of carbonyl (C=O) groups is 2. The number of carbonyl (C=O) groups excluding carboxylic acids is 2.